The number of benzene rings is 3. The highest BCUT2D eigenvalue weighted by atomic mass is 31.2. The first-order valence-corrected chi connectivity index (χ1v) is 12.6. The van der Waals surface area contributed by atoms with Crippen LogP contribution in [0.25, 0.3) is 0 Å². The van der Waals surface area contributed by atoms with Crippen molar-refractivity contribution in [1.82, 2.24) is 10.2 Å². The standard InChI is InChI=1S/C26H29N2O4P/c1-20(2)31-25(29)27-28(26(30)32-21(3)4)33(22-14-8-5-9-15-22,23-16-10-6-11-17-23)24-18-12-7-13-19-24/h5-21H,1-4H3/p+1. The molecule has 0 bridgehead atoms. The van der Waals surface area contributed by atoms with E-state index in [2.05, 4.69) is 5.43 Å². The maximum atomic E-state index is 13.6. The zero-order valence-corrected chi connectivity index (χ0v) is 20.2. The number of carbonyl (C=O) groups excluding carboxylic acids is 2. The zero-order chi connectivity index (χ0) is 23.8. The highest BCUT2D eigenvalue weighted by Crippen LogP contribution is 2.58. The van der Waals surface area contributed by atoms with Gasteiger partial charge in [-0.3, -0.25) is 0 Å². The molecule has 0 atom stereocenters. The Hall–Kier alpha value is -3.37. The molecule has 0 aromatic heterocycles. The Balaban J connectivity index is 2.34. The van der Waals surface area contributed by atoms with Gasteiger partial charge in [-0.2, -0.15) is 5.43 Å². The van der Waals surface area contributed by atoms with E-state index < -0.39 is 19.6 Å². The minimum Gasteiger partial charge on any atom is -0.446 e. The van der Waals surface area contributed by atoms with Gasteiger partial charge in [0.15, 0.2) is 0 Å². The summed E-state index contributed by atoms with van der Waals surface area (Å²) in [5.74, 6) is 0. The smallest absolute Gasteiger partial charge is 0.446 e. The summed E-state index contributed by atoms with van der Waals surface area (Å²) in [4.78, 5) is 26.4. The predicted molar refractivity (Wildman–Crippen MR) is 133 cm³/mol. The monoisotopic (exact) mass is 465 g/mol. The fourth-order valence-corrected chi connectivity index (χ4v) is 7.47. The van der Waals surface area contributed by atoms with Gasteiger partial charge in [-0.25, -0.2) is 9.59 Å². The minimum absolute atomic E-state index is 0.356. The second-order valence-electron chi connectivity index (χ2n) is 7.95. The summed E-state index contributed by atoms with van der Waals surface area (Å²) in [6.07, 6.45) is -2.12. The first kappa shape index (κ1) is 24.3. The zero-order valence-electron chi connectivity index (χ0n) is 19.3. The van der Waals surface area contributed by atoms with Crippen molar-refractivity contribution in [1.29, 1.82) is 0 Å². The van der Waals surface area contributed by atoms with Crippen LogP contribution >= 0.6 is 7.41 Å². The highest BCUT2D eigenvalue weighted by molar-refractivity contribution is 7.94. The van der Waals surface area contributed by atoms with Crippen molar-refractivity contribution in [3.05, 3.63) is 91.0 Å². The Labute approximate surface area is 195 Å². The number of carbonyl (C=O) groups is 2. The molecule has 0 unspecified atom stereocenters. The van der Waals surface area contributed by atoms with Crippen LogP contribution in [-0.2, 0) is 9.47 Å². The quantitative estimate of drug-likeness (QED) is 0.420. The maximum Gasteiger partial charge on any atom is 0.463 e. The number of ether oxygens (including phenoxy) is 2. The van der Waals surface area contributed by atoms with E-state index in [4.69, 9.17) is 9.47 Å². The van der Waals surface area contributed by atoms with E-state index >= 15 is 0 Å². The molecule has 0 saturated carbocycles. The molecule has 0 aliphatic rings. The average molecular weight is 466 g/mol. The molecule has 0 spiro atoms. The van der Waals surface area contributed by atoms with Gasteiger partial charge < -0.3 is 9.47 Å². The molecule has 0 aliphatic heterocycles. The molecule has 6 nitrogen and oxygen atoms in total. The normalized spacial score (nSPS) is 11.2. The van der Waals surface area contributed by atoms with E-state index in [0.717, 1.165) is 15.9 Å². The van der Waals surface area contributed by atoms with Crippen molar-refractivity contribution in [3.63, 3.8) is 0 Å². The van der Waals surface area contributed by atoms with Crippen LogP contribution in [0.3, 0.4) is 0 Å². The summed E-state index contributed by atoms with van der Waals surface area (Å²) in [5, 5.41) is 2.65. The van der Waals surface area contributed by atoms with Crippen LogP contribution in [0.2, 0.25) is 0 Å². The number of hydrogen-bond acceptors (Lipinski definition) is 4. The van der Waals surface area contributed by atoms with Gasteiger partial charge in [-0.15, -0.1) is 0 Å². The molecule has 0 saturated heterocycles. The molecule has 7 heteroatoms. The summed E-state index contributed by atoms with van der Waals surface area (Å²) in [5.41, 5.74) is 2.74. The third kappa shape index (κ3) is 5.52. The van der Waals surface area contributed by atoms with Gasteiger partial charge in [-0.05, 0) is 64.1 Å². The van der Waals surface area contributed by atoms with Crippen LogP contribution in [0.1, 0.15) is 27.7 Å². The average Bonchev–Trinajstić information content (AvgIpc) is 2.80. The Morgan fingerprint density at radius 2 is 1.03 bits per heavy atom. The number of amides is 2. The Bertz CT molecular complexity index is 947. The first-order chi connectivity index (χ1) is 15.9. The predicted octanol–water partition coefficient (Wildman–Crippen LogP) is 4.79. The van der Waals surface area contributed by atoms with Gasteiger partial charge in [0, 0.05) is 0 Å². The van der Waals surface area contributed by atoms with E-state index in [1.54, 1.807) is 27.7 Å². The van der Waals surface area contributed by atoms with Crippen LogP contribution in [-0.4, -0.2) is 29.2 Å². The topological polar surface area (TPSA) is 67.9 Å². The van der Waals surface area contributed by atoms with Crippen LogP contribution in [0.15, 0.2) is 91.0 Å². The first-order valence-electron chi connectivity index (χ1n) is 10.9. The Morgan fingerprint density at radius 3 is 1.36 bits per heavy atom. The molecule has 172 valence electrons. The number of hydrogen-bond donors (Lipinski definition) is 1. The van der Waals surface area contributed by atoms with Gasteiger partial charge >= 0.3 is 12.2 Å². The minimum atomic E-state index is -2.93. The van der Waals surface area contributed by atoms with Crippen molar-refractivity contribution in [2.24, 2.45) is 0 Å². The van der Waals surface area contributed by atoms with Gasteiger partial charge in [0.2, 0.25) is 7.41 Å². The van der Waals surface area contributed by atoms with Crippen molar-refractivity contribution < 1.29 is 19.1 Å². The third-order valence-electron chi connectivity index (χ3n) is 4.74. The second kappa shape index (κ2) is 11.0. The van der Waals surface area contributed by atoms with Gasteiger partial charge in [-0.1, -0.05) is 59.4 Å². The maximum absolute atomic E-state index is 13.6. The highest BCUT2D eigenvalue weighted by Gasteiger charge is 2.56. The molecular weight excluding hydrogens is 435 g/mol. The molecule has 3 aromatic carbocycles. The lowest BCUT2D eigenvalue weighted by Crippen LogP contribution is -2.54. The molecule has 0 fully saturated rings. The second-order valence-corrected chi connectivity index (χ2v) is 11.2. The molecule has 33 heavy (non-hydrogen) atoms. The Morgan fingerprint density at radius 1 is 0.667 bits per heavy atom. The van der Waals surface area contributed by atoms with E-state index in [1.807, 2.05) is 91.0 Å². The molecule has 0 heterocycles. The van der Waals surface area contributed by atoms with Gasteiger partial charge in [0.05, 0.1) is 12.2 Å². The number of hydrazine groups is 1. The molecular formula is C26H30N2O4P+. The summed E-state index contributed by atoms with van der Waals surface area (Å²) in [7, 11) is -2.93. The molecule has 0 radical (unpaired) electrons. The number of nitrogens with one attached hydrogen (secondary N) is 1. The van der Waals surface area contributed by atoms with Crippen LogP contribution in [0.5, 0.6) is 0 Å². The third-order valence-corrected chi connectivity index (χ3v) is 8.74. The lowest BCUT2D eigenvalue weighted by molar-refractivity contribution is 0.0727. The molecule has 2 amide bonds. The fourth-order valence-electron chi connectivity index (χ4n) is 3.55. The van der Waals surface area contributed by atoms with Crippen LogP contribution in [0, 0.1) is 0 Å². The lowest BCUT2D eigenvalue weighted by Gasteiger charge is -2.35. The van der Waals surface area contributed by atoms with Crippen molar-refractivity contribution in [2.45, 2.75) is 39.9 Å². The molecule has 3 rings (SSSR count). The summed E-state index contributed by atoms with van der Waals surface area (Å²) >= 11 is 0. The number of rotatable bonds is 6. The number of nitrogens with zero attached hydrogens (tertiary/aromatic N) is 1. The Kier molecular flexibility index (Phi) is 8.07. The van der Waals surface area contributed by atoms with E-state index in [-0.39, 0.29) is 12.2 Å². The summed E-state index contributed by atoms with van der Waals surface area (Å²) in [6.45, 7) is 7.06. The lowest BCUT2D eigenvalue weighted by atomic mass is 10.4. The molecule has 0 aliphatic carbocycles. The SMILES string of the molecule is CC(C)OC(=O)NN(C(=O)OC(C)C)[P+](c1ccccc1)(c1ccccc1)c1ccccc1. The van der Waals surface area contributed by atoms with Crippen molar-refractivity contribution in [3.8, 4) is 0 Å². The van der Waals surface area contributed by atoms with Gasteiger partial charge in [0.25, 0.3) is 0 Å². The van der Waals surface area contributed by atoms with E-state index in [1.165, 1.54) is 4.78 Å². The summed E-state index contributed by atoms with van der Waals surface area (Å²) in [6, 6.07) is 29.1. The molecule has 3 aromatic rings. The van der Waals surface area contributed by atoms with Crippen LogP contribution in [0.4, 0.5) is 9.59 Å². The van der Waals surface area contributed by atoms with Crippen molar-refractivity contribution >= 4 is 35.5 Å². The summed E-state index contributed by atoms with van der Waals surface area (Å²) < 4.78 is 12.3. The van der Waals surface area contributed by atoms with Crippen LogP contribution < -0.4 is 21.3 Å². The fraction of sp³-hybridized carbons (Fsp3) is 0.231. The van der Waals surface area contributed by atoms with E-state index in [0.29, 0.717) is 0 Å². The largest absolute Gasteiger partial charge is 0.463 e. The molecule has 1 N–H and O–H groups in total. The van der Waals surface area contributed by atoms with E-state index in [9.17, 15) is 9.59 Å². The van der Waals surface area contributed by atoms with Crippen molar-refractivity contribution in [2.75, 3.05) is 0 Å². The van der Waals surface area contributed by atoms with Gasteiger partial charge in [0.1, 0.15) is 15.9 Å².